The van der Waals surface area contributed by atoms with Crippen molar-refractivity contribution in [2.75, 3.05) is 0 Å². The van der Waals surface area contributed by atoms with Gasteiger partial charge in [-0.05, 0) is 17.7 Å². The number of benzene rings is 3. The molecule has 0 saturated carbocycles. The third-order valence-corrected chi connectivity index (χ3v) is 4.34. The van der Waals surface area contributed by atoms with E-state index in [-0.39, 0.29) is 0 Å². The fraction of sp³-hybridized carbons (Fsp3) is 0. The summed E-state index contributed by atoms with van der Waals surface area (Å²) < 4.78 is 1.65. The zero-order chi connectivity index (χ0) is 18.6. The maximum atomic E-state index is 12.7. The number of amides is 1. The van der Waals surface area contributed by atoms with Crippen LogP contribution in [0.25, 0.3) is 28.1 Å². The summed E-state index contributed by atoms with van der Waals surface area (Å²) in [7, 11) is 0. The first-order valence-electron chi connectivity index (χ1n) is 8.60. The number of hydrogen-bond acceptors (Lipinski definition) is 3. The fourth-order valence-electron chi connectivity index (χ4n) is 3.13. The third kappa shape index (κ3) is 3.12. The molecule has 0 atom stereocenters. The summed E-state index contributed by atoms with van der Waals surface area (Å²) in [4.78, 5) is 12.7. The summed E-state index contributed by atoms with van der Waals surface area (Å²) in [6.45, 7) is 0. The van der Waals surface area contributed by atoms with Crippen molar-refractivity contribution in [1.29, 1.82) is 0 Å². The number of nitrogens with two attached hydrogens (primary N) is 1. The molecule has 5 nitrogen and oxygen atoms in total. The number of nitrogens with zero attached hydrogens (tertiary/aromatic N) is 2. The minimum Gasteiger partial charge on any atom is -0.289 e. The minimum absolute atomic E-state index is 0.396. The first-order chi connectivity index (χ1) is 13.3. The molecule has 0 spiro atoms. The molecule has 3 N–H and O–H groups in total. The van der Waals surface area contributed by atoms with E-state index in [1.807, 2.05) is 91.0 Å². The van der Waals surface area contributed by atoms with Gasteiger partial charge in [-0.1, -0.05) is 78.9 Å². The molecule has 4 aromatic rings. The van der Waals surface area contributed by atoms with Gasteiger partial charge in [-0.25, -0.2) is 10.5 Å². The van der Waals surface area contributed by atoms with Crippen LogP contribution in [0, 0.1) is 0 Å². The third-order valence-electron chi connectivity index (χ3n) is 4.34. The van der Waals surface area contributed by atoms with Gasteiger partial charge in [0.1, 0.15) is 11.4 Å². The SMILES string of the molecule is NNC(=O)c1c(-c2ccccc2)c(-c2ccccc2)nn1-c1ccccc1. The van der Waals surface area contributed by atoms with Crippen molar-refractivity contribution in [2.24, 2.45) is 5.84 Å². The van der Waals surface area contributed by atoms with Gasteiger partial charge in [0.05, 0.1) is 5.69 Å². The predicted octanol–water partition coefficient (Wildman–Crippen LogP) is 3.81. The van der Waals surface area contributed by atoms with Crippen LogP contribution in [0.2, 0.25) is 0 Å². The van der Waals surface area contributed by atoms with Gasteiger partial charge in [-0.3, -0.25) is 10.2 Å². The molecule has 0 aliphatic heterocycles. The number of aromatic nitrogens is 2. The number of carbonyl (C=O) groups is 1. The molecule has 1 heterocycles. The molecule has 0 aliphatic carbocycles. The molecule has 27 heavy (non-hydrogen) atoms. The quantitative estimate of drug-likeness (QED) is 0.332. The first-order valence-corrected chi connectivity index (χ1v) is 8.60. The lowest BCUT2D eigenvalue weighted by Crippen LogP contribution is -2.32. The number of hydrogen-bond donors (Lipinski definition) is 2. The van der Waals surface area contributed by atoms with E-state index in [1.54, 1.807) is 4.68 Å². The number of rotatable bonds is 4. The van der Waals surface area contributed by atoms with Crippen molar-refractivity contribution in [3.8, 4) is 28.1 Å². The number of nitrogen functional groups attached to an aromatic ring is 1. The second kappa shape index (κ2) is 7.27. The largest absolute Gasteiger partial charge is 0.289 e. The Morgan fingerprint density at radius 2 is 1.30 bits per heavy atom. The highest BCUT2D eigenvalue weighted by molar-refractivity contribution is 6.03. The molecule has 0 unspecified atom stereocenters. The van der Waals surface area contributed by atoms with Crippen LogP contribution in [-0.4, -0.2) is 15.7 Å². The average molecular weight is 354 g/mol. The van der Waals surface area contributed by atoms with E-state index in [0.29, 0.717) is 5.69 Å². The Hall–Kier alpha value is -3.70. The highest BCUT2D eigenvalue weighted by Gasteiger charge is 2.25. The van der Waals surface area contributed by atoms with Crippen molar-refractivity contribution >= 4 is 5.91 Å². The van der Waals surface area contributed by atoms with Crippen molar-refractivity contribution < 1.29 is 4.79 Å². The summed E-state index contributed by atoms with van der Waals surface area (Å²) in [5, 5.41) is 4.80. The highest BCUT2D eigenvalue weighted by Crippen LogP contribution is 2.35. The normalized spacial score (nSPS) is 10.6. The van der Waals surface area contributed by atoms with Crippen LogP contribution in [0.15, 0.2) is 91.0 Å². The van der Waals surface area contributed by atoms with Gasteiger partial charge < -0.3 is 0 Å². The maximum Gasteiger partial charge on any atom is 0.284 e. The van der Waals surface area contributed by atoms with Crippen LogP contribution in [0.4, 0.5) is 0 Å². The molecule has 132 valence electrons. The number of carbonyl (C=O) groups excluding carboxylic acids is 1. The van der Waals surface area contributed by atoms with Crippen molar-refractivity contribution in [3.63, 3.8) is 0 Å². The molecule has 0 fully saturated rings. The summed E-state index contributed by atoms with van der Waals surface area (Å²) in [5.41, 5.74) is 6.75. The molecular formula is C22H18N4O. The van der Waals surface area contributed by atoms with Gasteiger partial charge in [-0.15, -0.1) is 0 Å². The molecule has 4 rings (SSSR count). The molecule has 0 bridgehead atoms. The molecular weight excluding hydrogens is 336 g/mol. The van der Waals surface area contributed by atoms with E-state index in [4.69, 9.17) is 10.9 Å². The molecule has 0 radical (unpaired) electrons. The van der Waals surface area contributed by atoms with E-state index in [9.17, 15) is 4.79 Å². The Kier molecular flexibility index (Phi) is 4.51. The molecule has 0 saturated heterocycles. The zero-order valence-corrected chi connectivity index (χ0v) is 14.5. The van der Waals surface area contributed by atoms with Gasteiger partial charge in [0.25, 0.3) is 5.91 Å². The van der Waals surface area contributed by atoms with Gasteiger partial charge in [0.2, 0.25) is 0 Å². The lowest BCUT2D eigenvalue weighted by molar-refractivity contribution is 0.0946. The summed E-state index contributed by atoms with van der Waals surface area (Å²) in [5.74, 6) is 5.11. The van der Waals surface area contributed by atoms with E-state index in [1.165, 1.54) is 0 Å². The number of nitrogens with one attached hydrogen (secondary N) is 1. The van der Waals surface area contributed by atoms with Gasteiger partial charge in [-0.2, -0.15) is 5.10 Å². The first kappa shape index (κ1) is 16.8. The lowest BCUT2D eigenvalue weighted by atomic mass is 9.98. The van der Waals surface area contributed by atoms with Crippen LogP contribution in [0.5, 0.6) is 0 Å². The van der Waals surface area contributed by atoms with Crippen LogP contribution in [0.3, 0.4) is 0 Å². The summed E-state index contributed by atoms with van der Waals surface area (Å²) >= 11 is 0. The van der Waals surface area contributed by atoms with Gasteiger partial charge in [0.15, 0.2) is 0 Å². The van der Waals surface area contributed by atoms with Crippen LogP contribution < -0.4 is 11.3 Å². The molecule has 1 aromatic heterocycles. The van der Waals surface area contributed by atoms with E-state index < -0.39 is 5.91 Å². The Labute approximate surface area is 157 Å². The standard InChI is InChI=1S/C22H18N4O/c23-24-22(27)21-19(16-10-4-1-5-11-16)20(17-12-6-2-7-13-17)25-26(21)18-14-8-3-9-15-18/h1-15H,23H2,(H,24,27). The predicted molar refractivity (Wildman–Crippen MR) is 106 cm³/mol. The topological polar surface area (TPSA) is 72.9 Å². The van der Waals surface area contributed by atoms with Crippen molar-refractivity contribution in [1.82, 2.24) is 15.2 Å². The number of hydrazine groups is 1. The fourth-order valence-corrected chi connectivity index (χ4v) is 3.13. The summed E-state index contributed by atoms with van der Waals surface area (Å²) in [6, 6.07) is 29.1. The van der Waals surface area contributed by atoms with Crippen molar-refractivity contribution in [2.45, 2.75) is 0 Å². The maximum absolute atomic E-state index is 12.7. The zero-order valence-electron chi connectivity index (χ0n) is 14.5. The summed E-state index contributed by atoms with van der Waals surface area (Å²) in [6.07, 6.45) is 0. The average Bonchev–Trinajstić information content (AvgIpc) is 3.16. The van der Waals surface area contributed by atoms with Crippen LogP contribution in [0.1, 0.15) is 10.5 Å². The minimum atomic E-state index is -0.396. The second-order valence-electron chi connectivity index (χ2n) is 6.03. The van der Waals surface area contributed by atoms with Crippen molar-refractivity contribution in [3.05, 3.63) is 96.7 Å². The lowest BCUT2D eigenvalue weighted by Gasteiger charge is -2.09. The Bertz CT molecular complexity index is 1060. The smallest absolute Gasteiger partial charge is 0.284 e. The van der Waals surface area contributed by atoms with Gasteiger partial charge >= 0.3 is 0 Å². The molecule has 0 aliphatic rings. The van der Waals surface area contributed by atoms with E-state index >= 15 is 0 Å². The van der Waals surface area contributed by atoms with Crippen LogP contribution >= 0.6 is 0 Å². The monoisotopic (exact) mass is 354 g/mol. The molecule has 3 aromatic carbocycles. The van der Waals surface area contributed by atoms with E-state index in [0.717, 1.165) is 28.1 Å². The van der Waals surface area contributed by atoms with Crippen LogP contribution in [-0.2, 0) is 0 Å². The number of para-hydroxylation sites is 1. The van der Waals surface area contributed by atoms with E-state index in [2.05, 4.69) is 5.43 Å². The Morgan fingerprint density at radius 3 is 1.85 bits per heavy atom. The molecule has 5 heteroatoms. The highest BCUT2D eigenvalue weighted by atomic mass is 16.2. The Morgan fingerprint density at radius 1 is 0.778 bits per heavy atom. The Balaban J connectivity index is 2.07. The molecule has 1 amide bonds. The second-order valence-corrected chi connectivity index (χ2v) is 6.03. The van der Waals surface area contributed by atoms with Gasteiger partial charge in [0, 0.05) is 11.1 Å².